The smallest absolute Gasteiger partial charge is 0.243 e. The van der Waals surface area contributed by atoms with Gasteiger partial charge in [-0.2, -0.15) is 4.31 Å². The summed E-state index contributed by atoms with van der Waals surface area (Å²) in [5.74, 6) is -1.32. The average molecular weight is 480 g/mol. The lowest BCUT2D eigenvalue weighted by atomic mass is 10.1. The van der Waals surface area contributed by atoms with E-state index < -0.39 is 31.5 Å². The first kappa shape index (κ1) is 24.4. The number of nitrogens with zero attached hydrogens (tertiary/aromatic N) is 2. The molecule has 8 nitrogen and oxygen atoms in total. The van der Waals surface area contributed by atoms with Gasteiger partial charge in [-0.1, -0.05) is 30.3 Å². The van der Waals surface area contributed by atoms with Crippen LogP contribution in [0.1, 0.15) is 12.0 Å². The molecule has 1 amide bonds. The Morgan fingerprint density at radius 1 is 0.906 bits per heavy atom. The van der Waals surface area contributed by atoms with E-state index in [1.807, 2.05) is 37.4 Å². The first-order valence-electron chi connectivity index (χ1n) is 10.5. The second-order valence-corrected chi connectivity index (χ2v) is 12.1. The van der Waals surface area contributed by atoms with Crippen molar-refractivity contribution in [2.24, 2.45) is 0 Å². The molecule has 0 unspecified atom stereocenters. The van der Waals surface area contributed by atoms with Crippen LogP contribution in [-0.2, 0) is 31.1 Å². The van der Waals surface area contributed by atoms with Crippen LogP contribution < -0.4 is 5.32 Å². The van der Waals surface area contributed by atoms with E-state index in [2.05, 4.69) is 10.2 Å². The Morgan fingerprint density at radius 2 is 1.53 bits per heavy atom. The number of anilines is 1. The molecule has 0 radical (unpaired) electrons. The molecule has 0 spiro atoms. The second kappa shape index (κ2) is 10.6. The molecule has 174 valence electrons. The maximum atomic E-state index is 12.8. The molecular weight excluding hydrogens is 450 g/mol. The molecule has 2 aromatic carbocycles. The molecule has 1 heterocycles. The Hall–Kier alpha value is -2.27. The molecule has 1 aliphatic rings. The van der Waals surface area contributed by atoms with Crippen molar-refractivity contribution in [1.29, 1.82) is 0 Å². The number of likely N-dealkylation sites (N-methyl/N-ethyl adjacent to an activating group) is 1. The normalized spacial score (nSPS) is 16.0. The highest BCUT2D eigenvalue weighted by atomic mass is 32.2. The van der Waals surface area contributed by atoms with Gasteiger partial charge in [-0.15, -0.1) is 0 Å². The number of nitrogens with one attached hydrogen (secondary N) is 1. The fraction of sp³-hybridized carbons (Fsp3) is 0.409. The molecule has 0 atom stereocenters. The first-order chi connectivity index (χ1) is 15.2. The van der Waals surface area contributed by atoms with Gasteiger partial charge in [0.1, 0.15) is 5.75 Å². The maximum Gasteiger partial charge on any atom is 0.243 e. The fourth-order valence-corrected chi connectivity index (χ4v) is 6.12. The van der Waals surface area contributed by atoms with Crippen LogP contribution in [0.25, 0.3) is 0 Å². The molecule has 1 saturated heterocycles. The molecule has 3 rings (SSSR count). The topological polar surface area (TPSA) is 104 Å². The molecule has 0 aliphatic carbocycles. The summed E-state index contributed by atoms with van der Waals surface area (Å²) in [6.07, 6.45) is 1.07. The van der Waals surface area contributed by atoms with Crippen molar-refractivity contribution >= 4 is 31.5 Å². The van der Waals surface area contributed by atoms with Gasteiger partial charge in [-0.3, -0.25) is 4.79 Å². The molecule has 2 aromatic rings. The van der Waals surface area contributed by atoms with E-state index in [9.17, 15) is 21.6 Å². The highest BCUT2D eigenvalue weighted by molar-refractivity contribution is 7.92. The van der Waals surface area contributed by atoms with Gasteiger partial charge < -0.3 is 10.2 Å². The van der Waals surface area contributed by atoms with Gasteiger partial charge in [0.2, 0.25) is 15.9 Å². The van der Waals surface area contributed by atoms with Crippen molar-refractivity contribution < 1.29 is 21.6 Å². The first-order valence-corrected chi connectivity index (χ1v) is 13.7. The monoisotopic (exact) mass is 479 g/mol. The van der Waals surface area contributed by atoms with Crippen LogP contribution in [-0.4, -0.2) is 76.7 Å². The summed E-state index contributed by atoms with van der Waals surface area (Å²) in [5, 5.41) is 2.54. The minimum atomic E-state index is -3.59. The van der Waals surface area contributed by atoms with Crippen molar-refractivity contribution in [3.8, 4) is 0 Å². The van der Waals surface area contributed by atoms with Crippen molar-refractivity contribution in [2.45, 2.75) is 17.7 Å². The number of sulfonamides is 1. The van der Waals surface area contributed by atoms with Crippen molar-refractivity contribution in [1.82, 2.24) is 9.21 Å². The van der Waals surface area contributed by atoms with Gasteiger partial charge in [0, 0.05) is 31.9 Å². The quantitative estimate of drug-likeness (QED) is 0.586. The van der Waals surface area contributed by atoms with Crippen LogP contribution in [0.2, 0.25) is 0 Å². The molecule has 32 heavy (non-hydrogen) atoms. The van der Waals surface area contributed by atoms with Crippen LogP contribution in [0, 0.1) is 0 Å². The van der Waals surface area contributed by atoms with Gasteiger partial charge in [0.25, 0.3) is 0 Å². The number of sulfone groups is 1. The predicted molar refractivity (Wildman–Crippen MR) is 125 cm³/mol. The number of hydrogen-bond acceptors (Lipinski definition) is 6. The lowest BCUT2D eigenvalue weighted by molar-refractivity contribution is -0.113. The van der Waals surface area contributed by atoms with Gasteiger partial charge in [0.05, 0.1) is 10.6 Å². The van der Waals surface area contributed by atoms with E-state index in [1.54, 1.807) is 0 Å². The standard InChI is InChI=1S/C22H29N3O5S2/c1-24-13-15-25(16-14-24)32(29,30)21-11-9-20(10-12-21)23-22(26)18-31(27,28)17-5-8-19-6-3-2-4-7-19/h2-4,6-7,9-12H,5,8,13-18H2,1H3,(H,23,26). The Kier molecular flexibility index (Phi) is 8.05. The van der Waals surface area contributed by atoms with Crippen LogP contribution in [0.15, 0.2) is 59.5 Å². The Bertz CT molecular complexity index is 1110. The van der Waals surface area contributed by atoms with Crippen LogP contribution in [0.4, 0.5) is 5.69 Å². The zero-order chi connectivity index (χ0) is 23.2. The molecule has 1 fully saturated rings. The minimum Gasteiger partial charge on any atom is -0.325 e. The zero-order valence-electron chi connectivity index (χ0n) is 18.1. The van der Waals surface area contributed by atoms with Crippen LogP contribution >= 0.6 is 0 Å². The van der Waals surface area contributed by atoms with E-state index in [0.29, 0.717) is 44.7 Å². The summed E-state index contributed by atoms with van der Waals surface area (Å²) in [6, 6.07) is 15.4. The number of benzene rings is 2. The SMILES string of the molecule is CN1CCN(S(=O)(=O)c2ccc(NC(=O)CS(=O)(=O)CCCc3ccccc3)cc2)CC1. The molecule has 1 N–H and O–H groups in total. The summed E-state index contributed by atoms with van der Waals surface area (Å²) in [7, 11) is -5.19. The number of piperazine rings is 1. The minimum absolute atomic E-state index is 0.0719. The predicted octanol–water partition coefficient (Wildman–Crippen LogP) is 1.61. The lowest BCUT2D eigenvalue weighted by Gasteiger charge is -2.31. The summed E-state index contributed by atoms with van der Waals surface area (Å²) >= 11 is 0. The van der Waals surface area contributed by atoms with Gasteiger partial charge in [-0.25, -0.2) is 16.8 Å². The zero-order valence-corrected chi connectivity index (χ0v) is 19.7. The number of aryl methyl sites for hydroxylation is 1. The van der Waals surface area contributed by atoms with E-state index in [-0.39, 0.29) is 10.6 Å². The van der Waals surface area contributed by atoms with Gasteiger partial charge in [0.15, 0.2) is 9.84 Å². The maximum absolute atomic E-state index is 12.8. The highest BCUT2D eigenvalue weighted by Gasteiger charge is 2.27. The van der Waals surface area contributed by atoms with E-state index in [4.69, 9.17) is 0 Å². The largest absolute Gasteiger partial charge is 0.325 e. The Labute approximate surface area is 190 Å². The fourth-order valence-electron chi connectivity index (χ4n) is 3.50. The third-order valence-corrected chi connectivity index (χ3v) is 8.88. The number of carbonyl (C=O) groups excluding carboxylic acids is 1. The number of carbonyl (C=O) groups is 1. The summed E-state index contributed by atoms with van der Waals surface area (Å²) in [5.41, 5.74) is 1.41. The van der Waals surface area contributed by atoms with E-state index in [1.165, 1.54) is 28.6 Å². The Morgan fingerprint density at radius 3 is 2.16 bits per heavy atom. The summed E-state index contributed by atoms with van der Waals surface area (Å²) < 4.78 is 51.5. The highest BCUT2D eigenvalue weighted by Crippen LogP contribution is 2.19. The number of hydrogen-bond donors (Lipinski definition) is 1. The van der Waals surface area contributed by atoms with Crippen molar-refractivity contribution in [3.05, 3.63) is 60.2 Å². The van der Waals surface area contributed by atoms with Crippen molar-refractivity contribution in [2.75, 3.05) is 50.0 Å². The summed E-state index contributed by atoms with van der Waals surface area (Å²) in [6.45, 7) is 2.21. The summed E-state index contributed by atoms with van der Waals surface area (Å²) in [4.78, 5) is 14.4. The number of amides is 1. The third-order valence-electron chi connectivity index (χ3n) is 5.35. The van der Waals surface area contributed by atoms with Crippen LogP contribution in [0.3, 0.4) is 0 Å². The van der Waals surface area contributed by atoms with Crippen molar-refractivity contribution in [3.63, 3.8) is 0 Å². The third kappa shape index (κ3) is 6.86. The molecule has 10 heteroatoms. The van der Waals surface area contributed by atoms with E-state index >= 15 is 0 Å². The van der Waals surface area contributed by atoms with Gasteiger partial charge >= 0.3 is 0 Å². The lowest BCUT2D eigenvalue weighted by Crippen LogP contribution is -2.46. The molecule has 0 saturated carbocycles. The number of rotatable bonds is 9. The molecular formula is C22H29N3O5S2. The van der Waals surface area contributed by atoms with Crippen LogP contribution in [0.5, 0.6) is 0 Å². The van der Waals surface area contributed by atoms with Gasteiger partial charge in [-0.05, 0) is 49.7 Å². The molecule has 0 bridgehead atoms. The average Bonchev–Trinajstić information content (AvgIpc) is 2.74. The molecule has 0 aromatic heterocycles. The van der Waals surface area contributed by atoms with E-state index in [0.717, 1.165) is 5.56 Å². The Balaban J connectivity index is 1.51. The molecule has 1 aliphatic heterocycles. The second-order valence-electron chi connectivity index (χ2n) is 7.96.